The van der Waals surface area contributed by atoms with Crippen LogP contribution in [0.25, 0.3) is 0 Å². The molecule has 0 aliphatic heterocycles. The molecule has 106 valence electrons. The molecule has 0 saturated carbocycles. The first-order valence-corrected chi connectivity index (χ1v) is 6.34. The van der Waals surface area contributed by atoms with Gasteiger partial charge in [-0.05, 0) is 25.0 Å². The maximum Gasteiger partial charge on any atom is 0.319 e. The Morgan fingerprint density at radius 1 is 1.47 bits per heavy atom. The van der Waals surface area contributed by atoms with Gasteiger partial charge in [-0.1, -0.05) is 19.9 Å². The Balaban J connectivity index is 2.69. The van der Waals surface area contributed by atoms with Gasteiger partial charge in [0, 0.05) is 18.3 Å². The molecule has 0 fully saturated rings. The van der Waals surface area contributed by atoms with E-state index in [0.29, 0.717) is 18.0 Å². The number of carbonyl (C=O) groups excluding carboxylic acids is 1. The number of urea groups is 1. The van der Waals surface area contributed by atoms with E-state index in [-0.39, 0.29) is 11.9 Å². The predicted molar refractivity (Wildman–Crippen MR) is 77.4 cm³/mol. The minimum Gasteiger partial charge on any atom is -0.497 e. The van der Waals surface area contributed by atoms with Crippen molar-refractivity contribution in [2.75, 3.05) is 19.0 Å². The summed E-state index contributed by atoms with van der Waals surface area (Å²) < 4.78 is 5.11. The van der Waals surface area contributed by atoms with E-state index in [1.54, 1.807) is 19.2 Å². The number of amides is 2. The minimum absolute atomic E-state index is 0.244. The van der Waals surface area contributed by atoms with Gasteiger partial charge in [-0.15, -0.1) is 0 Å². The maximum absolute atomic E-state index is 12.0. The fourth-order valence-corrected chi connectivity index (χ4v) is 1.55. The smallest absolute Gasteiger partial charge is 0.319 e. The Morgan fingerprint density at radius 2 is 2.16 bits per heavy atom. The van der Waals surface area contributed by atoms with Crippen molar-refractivity contribution >= 4 is 11.7 Å². The molecule has 1 aromatic carbocycles. The fourth-order valence-electron chi connectivity index (χ4n) is 1.55. The fraction of sp³-hybridized carbons (Fsp3) is 0.500. The van der Waals surface area contributed by atoms with Gasteiger partial charge in [-0.3, -0.25) is 0 Å². The van der Waals surface area contributed by atoms with Gasteiger partial charge in [0.05, 0.1) is 12.6 Å². The first kappa shape index (κ1) is 15.3. The summed E-state index contributed by atoms with van der Waals surface area (Å²) in [6, 6.07) is 6.93. The molecule has 0 spiro atoms. The summed E-state index contributed by atoms with van der Waals surface area (Å²) in [5.74, 6) is 0.941. The Morgan fingerprint density at radius 3 is 2.68 bits per heavy atom. The number of benzene rings is 1. The third-order valence-corrected chi connectivity index (χ3v) is 3.43. The van der Waals surface area contributed by atoms with Crippen molar-refractivity contribution in [2.45, 2.75) is 26.3 Å². The predicted octanol–water partition coefficient (Wildman–Crippen LogP) is 2.19. The van der Waals surface area contributed by atoms with E-state index in [1.807, 2.05) is 32.9 Å². The van der Waals surface area contributed by atoms with Gasteiger partial charge in [0.2, 0.25) is 0 Å². The van der Waals surface area contributed by atoms with Crippen LogP contribution >= 0.6 is 0 Å². The van der Waals surface area contributed by atoms with E-state index >= 15 is 0 Å². The zero-order valence-electron chi connectivity index (χ0n) is 12.0. The number of hydrogen-bond donors (Lipinski definition) is 3. The van der Waals surface area contributed by atoms with Crippen LogP contribution in [0.4, 0.5) is 10.5 Å². The number of hydrogen-bond acceptors (Lipinski definition) is 3. The molecule has 2 amide bonds. The largest absolute Gasteiger partial charge is 0.497 e. The molecule has 1 aromatic rings. The zero-order chi connectivity index (χ0) is 14.5. The molecule has 5 heteroatoms. The number of nitrogens with one attached hydrogen (secondary N) is 2. The van der Waals surface area contributed by atoms with Crippen LogP contribution in [-0.4, -0.2) is 25.2 Å². The number of anilines is 1. The van der Waals surface area contributed by atoms with Gasteiger partial charge < -0.3 is 21.1 Å². The summed E-state index contributed by atoms with van der Waals surface area (Å²) in [6.07, 6.45) is 0. The average molecular weight is 265 g/mol. The van der Waals surface area contributed by atoms with Gasteiger partial charge in [-0.2, -0.15) is 0 Å². The summed E-state index contributed by atoms with van der Waals surface area (Å²) >= 11 is 0. The second kappa shape index (κ2) is 6.43. The number of nitrogens with two attached hydrogens (primary N) is 1. The minimum atomic E-state index is -0.428. The summed E-state index contributed by atoms with van der Waals surface area (Å²) in [6.45, 7) is 6.37. The second-order valence-electron chi connectivity index (χ2n) is 5.09. The molecular formula is C14H23N3O2. The highest BCUT2D eigenvalue weighted by atomic mass is 16.5. The Kier molecular flexibility index (Phi) is 5.18. The lowest BCUT2D eigenvalue weighted by Gasteiger charge is -2.33. The Labute approximate surface area is 114 Å². The highest BCUT2D eigenvalue weighted by molar-refractivity contribution is 5.90. The van der Waals surface area contributed by atoms with Crippen molar-refractivity contribution < 1.29 is 9.53 Å². The first-order valence-electron chi connectivity index (χ1n) is 6.34. The van der Waals surface area contributed by atoms with E-state index in [2.05, 4.69) is 10.6 Å². The van der Waals surface area contributed by atoms with Crippen LogP contribution in [0, 0.1) is 5.92 Å². The third-order valence-electron chi connectivity index (χ3n) is 3.43. The van der Waals surface area contributed by atoms with E-state index < -0.39 is 5.54 Å². The van der Waals surface area contributed by atoms with E-state index in [4.69, 9.17) is 10.5 Å². The van der Waals surface area contributed by atoms with Crippen LogP contribution < -0.4 is 21.1 Å². The molecule has 19 heavy (non-hydrogen) atoms. The molecular weight excluding hydrogens is 242 g/mol. The van der Waals surface area contributed by atoms with Gasteiger partial charge in [0.25, 0.3) is 0 Å². The van der Waals surface area contributed by atoms with Gasteiger partial charge in [-0.25, -0.2) is 4.79 Å². The highest BCUT2D eigenvalue weighted by Gasteiger charge is 2.28. The number of carbonyl (C=O) groups is 1. The second-order valence-corrected chi connectivity index (χ2v) is 5.09. The third kappa shape index (κ3) is 4.13. The lowest BCUT2D eigenvalue weighted by Crippen LogP contribution is -2.56. The maximum atomic E-state index is 12.0. The van der Waals surface area contributed by atoms with Crippen molar-refractivity contribution in [3.05, 3.63) is 24.3 Å². The molecule has 0 aromatic heterocycles. The average Bonchev–Trinajstić information content (AvgIpc) is 2.38. The summed E-state index contributed by atoms with van der Waals surface area (Å²) in [5.41, 5.74) is 5.99. The molecule has 0 radical (unpaired) electrons. The SMILES string of the molecule is COc1cccc(NC(=O)NC(C)(CN)C(C)C)c1. The summed E-state index contributed by atoms with van der Waals surface area (Å²) in [5, 5.41) is 5.69. The zero-order valence-corrected chi connectivity index (χ0v) is 12.0. The lowest BCUT2D eigenvalue weighted by molar-refractivity contribution is 0.225. The van der Waals surface area contributed by atoms with Crippen LogP contribution in [0.5, 0.6) is 5.75 Å². The van der Waals surface area contributed by atoms with E-state index in [1.165, 1.54) is 0 Å². The van der Waals surface area contributed by atoms with Gasteiger partial charge >= 0.3 is 6.03 Å². The normalized spacial score (nSPS) is 13.8. The van der Waals surface area contributed by atoms with Crippen molar-refractivity contribution in [2.24, 2.45) is 11.7 Å². The molecule has 0 aliphatic rings. The topological polar surface area (TPSA) is 76.4 Å². The molecule has 0 bridgehead atoms. The Bertz CT molecular complexity index is 434. The van der Waals surface area contributed by atoms with Crippen LogP contribution in [0.3, 0.4) is 0 Å². The molecule has 0 aliphatic carbocycles. The van der Waals surface area contributed by atoms with Crippen molar-refractivity contribution in [1.82, 2.24) is 5.32 Å². The molecule has 0 heterocycles. The van der Waals surface area contributed by atoms with Crippen LogP contribution in [0.1, 0.15) is 20.8 Å². The number of methoxy groups -OCH3 is 1. The van der Waals surface area contributed by atoms with Crippen molar-refractivity contribution in [3.63, 3.8) is 0 Å². The van der Waals surface area contributed by atoms with Crippen LogP contribution in [-0.2, 0) is 0 Å². The van der Waals surface area contributed by atoms with Gasteiger partial charge in [0.15, 0.2) is 0 Å². The molecule has 1 unspecified atom stereocenters. The summed E-state index contributed by atoms with van der Waals surface area (Å²) in [4.78, 5) is 12.0. The molecule has 1 rings (SSSR count). The quantitative estimate of drug-likeness (QED) is 0.763. The van der Waals surface area contributed by atoms with Crippen LogP contribution in [0.2, 0.25) is 0 Å². The van der Waals surface area contributed by atoms with Crippen molar-refractivity contribution in [3.8, 4) is 5.75 Å². The number of rotatable bonds is 5. The monoisotopic (exact) mass is 265 g/mol. The molecule has 0 saturated heterocycles. The number of ether oxygens (including phenoxy) is 1. The first-order chi connectivity index (χ1) is 8.91. The summed E-state index contributed by atoms with van der Waals surface area (Å²) in [7, 11) is 1.59. The lowest BCUT2D eigenvalue weighted by atomic mass is 9.89. The molecule has 1 atom stereocenters. The van der Waals surface area contributed by atoms with E-state index in [0.717, 1.165) is 0 Å². The molecule has 4 N–H and O–H groups in total. The van der Waals surface area contributed by atoms with Gasteiger partial charge in [0.1, 0.15) is 5.75 Å². The van der Waals surface area contributed by atoms with Crippen molar-refractivity contribution in [1.29, 1.82) is 0 Å². The molecule has 5 nitrogen and oxygen atoms in total. The van der Waals surface area contributed by atoms with Crippen LogP contribution in [0.15, 0.2) is 24.3 Å². The highest BCUT2D eigenvalue weighted by Crippen LogP contribution is 2.18. The van der Waals surface area contributed by atoms with E-state index in [9.17, 15) is 4.79 Å². The standard InChI is InChI=1S/C14H23N3O2/c1-10(2)14(3,9-15)17-13(18)16-11-6-5-7-12(8-11)19-4/h5-8,10H,9,15H2,1-4H3,(H2,16,17,18). The Hall–Kier alpha value is -1.75.